The van der Waals surface area contributed by atoms with Gasteiger partial charge in [0.05, 0.1) is 5.56 Å². The second-order valence-electron chi connectivity index (χ2n) is 5.29. The van der Waals surface area contributed by atoms with E-state index in [1.54, 1.807) is 4.90 Å². The average molecular weight is 314 g/mol. The smallest absolute Gasteiger partial charge is 0.258 e. The number of phenols is 2. The van der Waals surface area contributed by atoms with E-state index in [9.17, 15) is 15.0 Å². The number of carbonyl (C=O) groups excluding carboxylic acids is 1. The monoisotopic (exact) mass is 313 g/mol. The summed E-state index contributed by atoms with van der Waals surface area (Å²) in [6, 6.07) is 2.52. The van der Waals surface area contributed by atoms with Gasteiger partial charge in [-0.15, -0.1) is 11.6 Å². The van der Waals surface area contributed by atoms with Gasteiger partial charge in [-0.05, 0) is 37.3 Å². The van der Waals surface area contributed by atoms with Crippen molar-refractivity contribution in [3.63, 3.8) is 0 Å². The number of carbonyl (C=O) groups is 1. The predicted octanol–water partition coefficient (Wildman–Crippen LogP) is 2.21. The highest BCUT2D eigenvalue weighted by Gasteiger charge is 2.30. The van der Waals surface area contributed by atoms with Crippen LogP contribution in [0.15, 0.2) is 12.1 Å². The number of piperidine rings is 1. The van der Waals surface area contributed by atoms with Gasteiger partial charge in [0.15, 0.2) is 0 Å². The Hall–Kier alpha value is -1.46. The van der Waals surface area contributed by atoms with Gasteiger partial charge in [0, 0.05) is 31.1 Å². The summed E-state index contributed by atoms with van der Waals surface area (Å²) in [5.41, 5.74) is 0.556. The molecule has 0 spiro atoms. The largest absolute Gasteiger partial charge is 0.508 e. The van der Waals surface area contributed by atoms with Gasteiger partial charge in [0.25, 0.3) is 5.91 Å². The molecule has 1 saturated heterocycles. The van der Waals surface area contributed by atoms with E-state index in [-0.39, 0.29) is 41.5 Å². The maximum atomic E-state index is 12.7. The lowest BCUT2D eigenvalue weighted by Gasteiger charge is -2.36. The van der Waals surface area contributed by atoms with Crippen LogP contribution in [0.1, 0.15) is 41.6 Å². The maximum absolute atomic E-state index is 12.7. The van der Waals surface area contributed by atoms with Crippen LogP contribution in [-0.2, 0) is 5.88 Å². The number of aliphatic hydroxyl groups excluding tert-OH is 1. The number of hydrogen-bond acceptors (Lipinski definition) is 4. The fraction of sp³-hybridized carbons (Fsp3) is 0.533. The van der Waals surface area contributed by atoms with Crippen LogP contribution in [0.4, 0.5) is 0 Å². The summed E-state index contributed by atoms with van der Waals surface area (Å²) < 4.78 is 0. The number of likely N-dealkylation sites (tertiary alicyclic amines) is 1. The number of rotatable bonds is 4. The Morgan fingerprint density at radius 1 is 1.33 bits per heavy atom. The van der Waals surface area contributed by atoms with Crippen molar-refractivity contribution < 1.29 is 20.1 Å². The van der Waals surface area contributed by atoms with E-state index in [2.05, 4.69) is 0 Å². The lowest BCUT2D eigenvalue weighted by Crippen LogP contribution is -2.44. The Bertz CT molecular complexity index is 519. The lowest BCUT2D eigenvalue weighted by atomic mass is 9.97. The topological polar surface area (TPSA) is 81.0 Å². The van der Waals surface area contributed by atoms with E-state index in [0.29, 0.717) is 18.5 Å². The van der Waals surface area contributed by atoms with E-state index in [1.165, 1.54) is 6.07 Å². The number of benzene rings is 1. The molecule has 2 rings (SSSR count). The Morgan fingerprint density at radius 3 is 2.76 bits per heavy atom. The van der Waals surface area contributed by atoms with Crippen molar-refractivity contribution in [2.75, 3.05) is 13.2 Å². The molecule has 1 atom stereocenters. The molecule has 0 radical (unpaired) electrons. The number of aromatic hydroxyl groups is 2. The second kappa shape index (κ2) is 7.00. The van der Waals surface area contributed by atoms with Gasteiger partial charge < -0.3 is 20.2 Å². The molecule has 0 aromatic heterocycles. The van der Waals surface area contributed by atoms with Crippen LogP contribution in [0.5, 0.6) is 11.5 Å². The third kappa shape index (κ3) is 3.41. The van der Waals surface area contributed by atoms with Gasteiger partial charge in [-0.1, -0.05) is 0 Å². The summed E-state index contributed by atoms with van der Waals surface area (Å²) in [6.07, 6.45) is 3.31. The van der Waals surface area contributed by atoms with Crippen LogP contribution in [0.2, 0.25) is 0 Å². The molecule has 1 unspecified atom stereocenters. The number of nitrogens with zero attached hydrogens (tertiary/aromatic N) is 1. The van der Waals surface area contributed by atoms with Crippen LogP contribution >= 0.6 is 11.6 Å². The Morgan fingerprint density at radius 2 is 2.10 bits per heavy atom. The molecule has 1 aliphatic rings. The van der Waals surface area contributed by atoms with Crippen LogP contribution in [0, 0.1) is 0 Å². The van der Waals surface area contributed by atoms with Gasteiger partial charge in [0.2, 0.25) is 0 Å². The van der Waals surface area contributed by atoms with Crippen LogP contribution in [0.3, 0.4) is 0 Å². The summed E-state index contributed by atoms with van der Waals surface area (Å²) in [6.45, 7) is 0.629. The van der Waals surface area contributed by atoms with E-state index in [1.807, 2.05) is 0 Å². The zero-order valence-corrected chi connectivity index (χ0v) is 12.5. The van der Waals surface area contributed by atoms with Crippen LogP contribution in [-0.4, -0.2) is 45.3 Å². The van der Waals surface area contributed by atoms with Crippen molar-refractivity contribution in [3.8, 4) is 11.5 Å². The minimum atomic E-state index is -0.290. The first-order valence-corrected chi connectivity index (χ1v) is 7.64. The van der Waals surface area contributed by atoms with E-state index >= 15 is 0 Å². The molecule has 116 valence electrons. The molecule has 5 nitrogen and oxygen atoms in total. The minimum Gasteiger partial charge on any atom is -0.508 e. The van der Waals surface area contributed by atoms with Gasteiger partial charge in [0.1, 0.15) is 11.5 Å². The molecule has 1 amide bonds. The van der Waals surface area contributed by atoms with E-state index in [4.69, 9.17) is 16.7 Å². The molecule has 1 aliphatic heterocycles. The number of phenolic OH excluding ortho intramolecular Hbond substituents is 2. The fourth-order valence-electron chi connectivity index (χ4n) is 2.88. The molecule has 1 aromatic carbocycles. The average Bonchev–Trinajstić information content (AvgIpc) is 2.46. The van der Waals surface area contributed by atoms with Gasteiger partial charge in [-0.25, -0.2) is 0 Å². The van der Waals surface area contributed by atoms with Crippen molar-refractivity contribution in [2.45, 2.75) is 37.6 Å². The standard InChI is InChI=1S/C15H20ClNO4/c16-9-10-7-12(19)8-13(20)14(10)15(21)17-5-2-1-3-11(17)4-6-18/h7-8,11,18-20H,1-6,9H2. The SMILES string of the molecule is O=C(c1c(O)cc(O)cc1CCl)N1CCCCC1CCO. The van der Waals surface area contributed by atoms with Gasteiger partial charge in [-0.3, -0.25) is 4.79 Å². The quantitative estimate of drug-likeness (QED) is 0.744. The maximum Gasteiger partial charge on any atom is 0.258 e. The van der Waals surface area contributed by atoms with Crippen molar-refractivity contribution in [1.82, 2.24) is 4.90 Å². The van der Waals surface area contributed by atoms with Crippen molar-refractivity contribution in [2.24, 2.45) is 0 Å². The normalized spacial score (nSPS) is 18.8. The summed E-state index contributed by atoms with van der Waals surface area (Å²) >= 11 is 5.82. The van der Waals surface area contributed by atoms with E-state index < -0.39 is 0 Å². The van der Waals surface area contributed by atoms with Gasteiger partial charge in [-0.2, -0.15) is 0 Å². The highest BCUT2D eigenvalue weighted by molar-refractivity contribution is 6.18. The molecule has 0 aliphatic carbocycles. The minimum absolute atomic E-state index is 0.0207. The lowest BCUT2D eigenvalue weighted by molar-refractivity contribution is 0.0571. The summed E-state index contributed by atoms with van der Waals surface area (Å²) in [4.78, 5) is 14.4. The summed E-state index contributed by atoms with van der Waals surface area (Å²) in [5, 5.41) is 28.6. The molecule has 0 bridgehead atoms. The second-order valence-corrected chi connectivity index (χ2v) is 5.56. The zero-order chi connectivity index (χ0) is 15.4. The zero-order valence-electron chi connectivity index (χ0n) is 11.8. The first kappa shape index (κ1) is 15.9. The Labute approximate surface area is 128 Å². The summed E-state index contributed by atoms with van der Waals surface area (Å²) in [5.74, 6) is -0.642. The third-order valence-corrected chi connectivity index (χ3v) is 4.18. The number of aliphatic hydroxyl groups is 1. The van der Waals surface area contributed by atoms with Crippen molar-refractivity contribution >= 4 is 17.5 Å². The first-order valence-electron chi connectivity index (χ1n) is 7.11. The highest BCUT2D eigenvalue weighted by atomic mass is 35.5. The molecular formula is C15H20ClNO4. The molecule has 6 heteroatoms. The van der Waals surface area contributed by atoms with Gasteiger partial charge >= 0.3 is 0 Å². The first-order chi connectivity index (χ1) is 10.1. The number of halogens is 1. The van der Waals surface area contributed by atoms with E-state index in [0.717, 1.165) is 25.3 Å². The third-order valence-electron chi connectivity index (χ3n) is 3.89. The molecule has 1 fully saturated rings. The summed E-state index contributed by atoms with van der Waals surface area (Å²) in [7, 11) is 0. The molecule has 1 aromatic rings. The van der Waals surface area contributed by atoms with Crippen LogP contribution < -0.4 is 0 Å². The van der Waals surface area contributed by atoms with Crippen LogP contribution in [0.25, 0.3) is 0 Å². The highest BCUT2D eigenvalue weighted by Crippen LogP contribution is 2.31. The molecule has 21 heavy (non-hydrogen) atoms. The Balaban J connectivity index is 2.34. The molecule has 3 N–H and O–H groups in total. The molecule has 0 saturated carbocycles. The van der Waals surface area contributed by atoms with Crippen molar-refractivity contribution in [1.29, 1.82) is 0 Å². The number of hydrogen-bond donors (Lipinski definition) is 3. The predicted molar refractivity (Wildman–Crippen MR) is 79.7 cm³/mol. The van der Waals surface area contributed by atoms with Crippen molar-refractivity contribution in [3.05, 3.63) is 23.3 Å². The number of alkyl halides is 1. The molecule has 1 heterocycles. The fourth-order valence-corrected chi connectivity index (χ4v) is 3.09. The molecular weight excluding hydrogens is 294 g/mol. The number of amides is 1. The Kier molecular flexibility index (Phi) is 5.31.